The zero-order chi connectivity index (χ0) is 110. The van der Waals surface area contributed by atoms with Crippen molar-refractivity contribution in [1.82, 2.24) is 46.4 Å². The standard InChI is InChI=1S/C19H18F2N4O5S.3C19H18F2N4O4S.C19H20N4O4S/c1-10-3-4-12(5-11(10)7-22)23-19(27)17-18-15(8-25(17)2)31(28,29)24-13(9-30-18)14(26)6-16(20)21;3*1-11-3-4-13(7-12(11)8-22)23-19(26)17-18-15(9-25(17)2)30(27,28)24-14(10-29-18)5-6-16(20)21;1-4-5-15-11-27-18-16(28(25,26)22-15)10-23(3)17(18)19(24)21-14-7-6-12(2)13(8-14)9-20/h3-6,8,13-14,24,26H,9H2,1-2H3,(H,23,27);3*3-4,6-7,9,14,24H,5,10H2,1-2H3,(H,23,26);4,6-8,10,15,22H,1,5,11H2,2-3H3,(H,21,24)/t;2*14-;;15-/m.10.1/s1. The molecular formula is C95H92F8N20O21S5. The predicted octanol–water partition coefficient (Wildman–Crippen LogP) is 11.7. The minimum Gasteiger partial charge on any atom is -0.488 e. The Bertz CT molecular complexity index is 7550. The van der Waals surface area contributed by atoms with Gasteiger partial charge in [0.15, 0.2) is 57.2 Å². The summed E-state index contributed by atoms with van der Waals surface area (Å²) in [5.41, 5.74) is 7.30. The molecule has 5 aromatic carbocycles. The van der Waals surface area contributed by atoms with Crippen molar-refractivity contribution < 1.29 is 130 Å². The summed E-state index contributed by atoms with van der Waals surface area (Å²) < 4.78 is 271. The number of benzene rings is 5. The van der Waals surface area contributed by atoms with Crippen molar-refractivity contribution in [2.75, 3.05) is 59.6 Å². The first-order valence-electron chi connectivity index (χ1n) is 43.8. The maximum absolute atomic E-state index is 12.9. The van der Waals surface area contributed by atoms with Gasteiger partial charge in [-0.3, -0.25) is 24.0 Å². The monoisotopic (exact) mass is 2160 g/mol. The molecule has 5 aliphatic heterocycles. The average molecular weight is 2160 g/mol. The molecule has 10 aromatic rings. The number of halogens is 8. The molecular weight excluding hydrogens is 2070 g/mol. The molecule has 5 amide bonds. The summed E-state index contributed by atoms with van der Waals surface area (Å²) in [6.45, 7) is 11.3. The molecule has 149 heavy (non-hydrogen) atoms. The van der Waals surface area contributed by atoms with E-state index in [1.54, 1.807) is 114 Å². The second kappa shape index (κ2) is 47.6. The van der Waals surface area contributed by atoms with E-state index in [1.807, 2.05) is 24.3 Å². The zero-order valence-electron chi connectivity index (χ0n) is 80.1. The first-order valence-corrected chi connectivity index (χ1v) is 51.3. The third kappa shape index (κ3) is 27.4. The number of nitrogens with zero attached hydrogens (tertiary/aromatic N) is 10. The second-order valence-electron chi connectivity index (χ2n) is 33.6. The quantitative estimate of drug-likeness (QED) is 0.0249. The van der Waals surface area contributed by atoms with Gasteiger partial charge in [-0.1, -0.05) is 36.4 Å². The number of aliphatic hydroxyl groups excluding tert-OH is 1. The molecule has 784 valence electrons. The van der Waals surface area contributed by atoms with Crippen LogP contribution in [0.3, 0.4) is 0 Å². The molecule has 11 N–H and O–H groups in total. The third-order valence-corrected chi connectivity index (χ3v) is 30.2. The zero-order valence-corrected chi connectivity index (χ0v) is 84.2. The number of carbonyl (C=O) groups is 5. The maximum atomic E-state index is 12.9. The number of hydrogen-bond donors (Lipinski definition) is 11. The van der Waals surface area contributed by atoms with E-state index in [2.05, 4.69) is 62.8 Å². The number of fused-ring (bicyclic) bond motifs is 5. The summed E-state index contributed by atoms with van der Waals surface area (Å²) in [5.74, 6) is -3.94. The Morgan fingerprint density at radius 1 is 0.356 bits per heavy atom. The SMILES string of the molecule is C=CC[C@@H]1COc2c(cn(C)c2C(=O)Nc2ccc(C)c(C#N)c2)S(=O)(=O)N1.Cc1ccc(NC(=O)c2c3c(cn2C)S(=O)(=O)NC(C(O)C=C(F)F)CO3)cc1C#N.Cc1ccc(NC(=O)c2c3c(cn2C)S(=O)(=O)NC(CC=C(F)F)CO3)cc1C#N.Cc1ccc(NC(=O)c2c3c(cn2C)S(=O)(=O)N[C@@H](CC=C(F)F)CO3)cc1C#N.Cc1ccc(NC(=O)c2c3c(cn2C)S(=O)(=O)N[C@H](CC=C(F)F)CO3)cc1C#N. The van der Waals surface area contributed by atoms with Crippen LogP contribution in [-0.2, 0) is 85.4 Å². The summed E-state index contributed by atoms with van der Waals surface area (Å²) in [6.07, 6.45) is -0.434. The molecule has 54 heteroatoms. The van der Waals surface area contributed by atoms with E-state index < -0.39 is 147 Å². The highest BCUT2D eigenvalue weighted by Gasteiger charge is 2.42. The number of nitrogens with one attached hydrogen (secondary N) is 10. The summed E-state index contributed by atoms with van der Waals surface area (Å²) >= 11 is 0. The van der Waals surface area contributed by atoms with Crippen LogP contribution in [0.4, 0.5) is 63.6 Å². The molecule has 5 aliphatic rings. The van der Waals surface area contributed by atoms with E-state index in [0.29, 0.717) is 80.9 Å². The number of nitriles is 5. The Morgan fingerprint density at radius 2 is 0.557 bits per heavy atom. The number of rotatable bonds is 20. The molecule has 5 aromatic heterocycles. The van der Waals surface area contributed by atoms with E-state index in [0.717, 1.165) is 34.0 Å². The molecule has 0 saturated heterocycles. The van der Waals surface area contributed by atoms with Crippen molar-refractivity contribution in [2.24, 2.45) is 35.2 Å². The van der Waals surface area contributed by atoms with Crippen molar-refractivity contribution >= 4 is 108 Å². The Labute approximate surface area is 848 Å². The molecule has 0 spiro atoms. The van der Waals surface area contributed by atoms with Crippen LogP contribution in [0.2, 0.25) is 0 Å². The van der Waals surface area contributed by atoms with Crippen molar-refractivity contribution in [3.8, 4) is 59.1 Å². The fraction of sp³-hybridized carbons (Fsp3) is 0.263. The lowest BCUT2D eigenvalue weighted by Gasteiger charge is -2.18. The van der Waals surface area contributed by atoms with Crippen LogP contribution in [0.5, 0.6) is 28.7 Å². The van der Waals surface area contributed by atoms with Crippen LogP contribution in [0, 0.1) is 91.3 Å². The fourth-order valence-corrected chi connectivity index (χ4v) is 22.3. The van der Waals surface area contributed by atoms with Gasteiger partial charge in [0, 0.05) is 101 Å². The predicted molar refractivity (Wildman–Crippen MR) is 520 cm³/mol. The topological polar surface area (TPSA) is 586 Å². The molecule has 0 saturated carbocycles. The Balaban J connectivity index is 0.000000177. The smallest absolute Gasteiger partial charge is 0.276 e. The normalized spacial score (nSPS) is 17.4. The molecule has 15 rings (SSSR count). The Hall–Kier alpha value is -16.1. The number of amides is 5. The fourth-order valence-electron chi connectivity index (χ4n) is 15.1. The largest absolute Gasteiger partial charge is 0.488 e. The van der Waals surface area contributed by atoms with E-state index in [1.165, 1.54) is 100 Å². The minimum atomic E-state index is -4.29. The van der Waals surface area contributed by atoms with Gasteiger partial charge >= 0.3 is 0 Å². The van der Waals surface area contributed by atoms with Crippen LogP contribution in [0.15, 0.2) is 208 Å². The highest BCUT2D eigenvalue weighted by atomic mass is 32.2. The third-order valence-electron chi connectivity index (χ3n) is 22.7. The molecule has 0 bridgehead atoms. The molecule has 3 unspecified atom stereocenters. The lowest BCUT2D eigenvalue weighted by atomic mass is 10.1. The first kappa shape index (κ1) is 113. The molecule has 0 aliphatic carbocycles. The van der Waals surface area contributed by atoms with Gasteiger partial charge in [0.2, 0.25) is 50.1 Å². The number of aliphatic hydroxyl groups is 1. The molecule has 0 fully saturated rings. The number of anilines is 5. The summed E-state index contributed by atoms with van der Waals surface area (Å²) in [7, 11) is -13.0. The number of hydrogen-bond acceptors (Lipinski definition) is 26. The Kier molecular flexibility index (Phi) is 36.2. The summed E-state index contributed by atoms with van der Waals surface area (Å²) in [6, 6.07) is 29.6. The second-order valence-corrected chi connectivity index (χ2v) is 42.0. The van der Waals surface area contributed by atoms with Gasteiger partial charge in [-0.05, 0) is 167 Å². The number of ether oxygens (including phenoxy) is 5. The van der Waals surface area contributed by atoms with Gasteiger partial charge in [0.05, 0.1) is 94.5 Å². The molecule has 41 nitrogen and oxygen atoms in total. The number of sulfonamides is 5. The lowest BCUT2D eigenvalue weighted by Crippen LogP contribution is -2.44. The van der Waals surface area contributed by atoms with E-state index >= 15 is 0 Å². The van der Waals surface area contributed by atoms with E-state index in [-0.39, 0.29) is 133 Å². The van der Waals surface area contributed by atoms with Crippen molar-refractivity contribution in [2.45, 2.75) is 121 Å². The van der Waals surface area contributed by atoms with Crippen LogP contribution < -0.4 is 73.9 Å². The van der Waals surface area contributed by atoms with Gasteiger partial charge in [-0.25, -0.2) is 65.7 Å². The van der Waals surface area contributed by atoms with Crippen molar-refractivity contribution in [3.63, 3.8) is 0 Å². The summed E-state index contributed by atoms with van der Waals surface area (Å²) in [5, 5.41) is 68.7. The Morgan fingerprint density at radius 3 is 0.752 bits per heavy atom. The molecule has 10 heterocycles. The van der Waals surface area contributed by atoms with Crippen LogP contribution in [-0.4, -0.2) is 169 Å². The first-order chi connectivity index (χ1) is 70.1. The van der Waals surface area contributed by atoms with Gasteiger partial charge < -0.3 is 78.2 Å². The highest BCUT2D eigenvalue weighted by molar-refractivity contribution is 7.90. The summed E-state index contributed by atoms with van der Waals surface area (Å²) in [4.78, 5) is 63.0. The lowest BCUT2D eigenvalue weighted by molar-refractivity contribution is 0.0999. The van der Waals surface area contributed by atoms with Gasteiger partial charge in [-0.15, -0.1) is 6.58 Å². The van der Waals surface area contributed by atoms with Crippen LogP contribution >= 0.6 is 0 Å². The average Bonchev–Trinajstić information content (AvgIpc) is 1.64. The van der Waals surface area contributed by atoms with Crippen molar-refractivity contribution in [1.29, 1.82) is 26.3 Å². The van der Waals surface area contributed by atoms with E-state index in [4.69, 9.17) is 50.0 Å². The van der Waals surface area contributed by atoms with Gasteiger partial charge in [0.1, 0.15) is 57.5 Å². The molecule has 6 atom stereocenters. The highest BCUT2D eigenvalue weighted by Crippen LogP contribution is 2.41. The van der Waals surface area contributed by atoms with Gasteiger partial charge in [0.25, 0.3) is 53.9 Å². The molecule has 0 radical (unpaired) electrons. The van der Waals surface area contributed by atoms with Crippen molar-refractivity contribution in [3.05, 3.63) is 267 Å². The van der Waals surface area contributed by atoms with Crippen LogP contribution in [0.1, 0.15) is 134 Å². The van der Waals surface area contributed by atoms with E-state index in [9.17, 15) is 106 Å². The number of aromatic nitrogens is 5. The van der Waals surface area contributed by atoms with Crippen LogP contribution in [0.25, 0.3) is 0 Å². The van der Waals surface area contributed by atoms with Gasteiger partial charge in [-0.2, -0.15) is 61.4 Å². The number of carbonyl (C=O) groups excluding carboxylic acids is 5. The minimum absolute atomic E-state index is 0.00619. The number of aryl methyl sites for hydroxylation is 10. The maximum Gasteiger partial charge on any atom is 0.276 e.